The van der Waals surface area contributed by atoms with Crippen LogP contribution in [0.15, 0.2) is 18.2 Å². The molecule has 2 heteroatoms. The minimum absolute atomic E-state index is 0.317. The monoisotopic (exact) mass is 219 g/mol. The molecule has 2 rings (SSSR count). The first-order valence-electron chi connectivity index (χ1n) is 5.87. The molecule has 0 bridgehead atoms. The number of hydrogen-bond donors (Lipinski definition) is 1. The van der Waals surface area contributed by atoms with Gasteiger partial charge in [0, 0.05) is 0 Å². The molecule has 1 saturated carbocycles. The van der Waals surface area contributed by atoms with Crippen molar-refractivity contribution in [1.29, 1.82) is 0 Å². The van der Waals surface area contributed by atoms with Gasteiger partial charge < -0.3 is 10.5 Å². The van der Waals surface area contributed by atoms with Gasteiger partial charge in [-0.25, -0.2) is 0 Å². The topological polar surface area (TPSA) is 35.2 Å². The van der Waals surface area contributed by atoms with E-state index in [0.717, 1.165) is 12.3 Å². The second-order valence-electron chi connectivity index (χ2n) is 5.39. The van der Waals surface area contributed by atoms with Crippen LogP contribution in [-0.2, 0) is 0 Å². The molecule has 0 saturated heterocycles. The summed E-state index contributed by atoms with van der Waals surface area (Å²) >= 11 is 0. The lowest BCUT2D eigenvalue weighted by Gasteiger charge is -2.10. The fraction of sp³-hybridized carbons (Fsp3) is 0.571. The molecular formula is C14H21NO. The van der Waals surface area contributed by atoms with Crippen molar-refractivity contribution in [2.24, 2.45) is 17.1 Å². The Balaban J connectivity index is 2.35. The lowest BCUT2D eigenvalue weighted by molar-refractivity contribution is 0.407. The van der Waals surface area contributed by atoms with Gasteiger partial charge in [0.1, 0.15) is 5.75 Å². The average molecular weight is 219 g/mol. The van der Waals surface area contributed by atoms with E-state index in [1.807, 2.05) is 0 Å². The normalized spacial score (nSPS) is 26.6. The van der Waals surface area contributed by atoms with Gasteiger partial charge in [-0.2, -0.15) is 0 Å². The van der Waals surface area contributed by atoms with Crippen LogP contribution in [0.3, 0.4) is 0 Å². The maximum absolute atomic E-state index is 5.82. The quantitative estimate of drug-likeness (QED) is 0.848. The van der Waals surface area contributed by atoms with Crippen molar-refractivity contribution in [3.63, 3.8) is 0 Å². The van der Waals surface area contributed by atoms with E-state index >= 15 is 0 Å². The highest BCUT2D eigenvalue weighted by molar-refractivity contribution is 5.44. The van der Waals surface area contributed by atoms with Crippen LogP contribution in [0, 0.1) is 18.3 Å². The maximum atomic E-state index is 5.82. The number of aryl methyl sites for hydroxylation is 1. The minimum Gasteiger partial charge on any atom is -0.496 e. The van der Waals surface area contributed by atoms with Gasteiger partial charge in [0.25, 0.3) is 0 Å². The van der Waals surface area contributed by atoms with Crippen molar-refractivity contribution in [2.75, 3.05) is 13.7 Å². The second kappa shape index (κ2) is 3.77. The van der Waals surface area contributed by atoms with Crippen molar-refractivity contribution in [3.8, 4) is 5.75 Å². The lowest BCUT2D eigenvalue weighted by atomic mass is 10.0. The first-order valence-corrected chi connectivity index (χ1v) is 5.87. The third-order valence-corrected chi connectivity index (χ3v) is 4.03. The SMILES string of the molecule is COc1cc(C)ccc1[C@H]1[C@H](CN)C1(C)C. The number of nitrogens with two attached hydrogens (primary N) is 1. The molecule has 1 fully saturated rings. The number of rotatable bonds is 3. The smallest absolute Gasteiger partial charge is 0.122 e. The first kappa shape index (κ1) is 11.5. The molecule has 0 amide bonds. The zero-order chi connectivity index (χ0) is 11.9. The van der Waals surface area contributed by atoms with Crippen LogP contribution in [-0.4, -0.2) is 13.7 Å². The Hall–Kier alpha value is -1.02. The van der Waals surface area contributed by atoms with Crippen LogP contribution in [0.4, 0.5) is 0 Å². The van der Waals surface area contributed by atoms with Gasteiger partial charge in [0.15, 0.2) is 0 Å². The Morgan fingerprint density at radius 2 is 2.06 bits per heavy atom. The van der Waals surface area contributed by atoms with Gasteiger partial charge in [-0.3, -0.25) is 0 Å². The minimum atomic E-state index is 0.317. The van der Waals surface area contributed by atoms with Crippen LogP contribution in [0.1, 0.15) is 30.9 Å². The van der Waals surface area contributed by atoms with E-state index in [0.29, 0.717) is 17.3 Å². The van der Waals surface area contributed by atoms with Crippen molar-refractivity contribution >= 4 is 0 Å². The van der Waals surface area contributed by atoms with Gasteiger partial charge >= 0.3 is 0 Å². The highest BCUT2D eigenvalue weighted by Gasteiger charge is 2.58. The molecule has 0 heterocycles. The van der Waals surface area contributed by atoms with Crippen LogP contribution in [0.5, 0.6) is 5.75 Å². The molecule has 1 aromatic carbocycles. The van der Waals surface area contributed by atoms with Crippen LogP contribution >= 0.6 is 0 Å². The average Bonchev–Trinajstić information content (AvgIpc) is 2.80. The molecule has 0 unspecified atom stereocenters. The molecule has 1 aliphatic carbocycles. The zero-order valence-corrected chi connectivity index (χ0v) is 10.6. The van der Waals surface area contributed by atoms with Gasteiger partial charge in [-0.1, -0.05) is 26.0 Å². The summed E-state index contributed by atoms with van der Waals surface area (Å²) in [7, 11) is 1.74. The Kier molecular flexibility index (Phi) is 2.70. The third-order valence-electron chi connectivity index (χ3n) is 4.03. The van der Waals surface area contributed by atoms with E-state index in [4.69, 9.17) is 10.5 Å². The summed E-state index contributed by atoms with van der Waals surface area (Å²) in [5, 5.41) is 0. The molecule has 1 aliphatic rings. The summed E-state index contributed by atoms with van der Waals surface area (Å²) in [6.45, 7) is 7.42. The highest BCUT2D eigenvalue weighted by Crippen LogP contribution is 2.65. The van der Waals surface area contributed by atoms with Gasteiger partial charge in [-0.15, -0.1) is 0 Å². The Morgan fingerprint density at radius 1 is 1.38 bits per heavy atom. The predicted molar refractivity (Wildman–Crippen MR) is 66.8 cm³/mol. The van der Waals surface area contributed by atoms with Crippen LogP contribution in [0.2, 0.25) is 0 Å². The van der Waals surface area contributed by atoms with E-state index in [9.17, 15) is 0 Å². The molecule has 0 aliphatic heterocycles. The fourth-order valence-corrected chi connectivity index (χ4v) is 2.88. The standard InChI is InChI=1S/C14H21NO/c1-9-5-6-10(12(7-9)16-4)13-11(8-15)14(13,2)3/h5-7,11,13H,8,15H2,1-4H3/t11-,13-/m0/s1. The molecule has 1 aromatic rings. The zero-order valence-electron chi connectivity index (χ0n) is 10.6. The van der Waals surface area contributed by atoms with Crippen LogP contribution in [0.25, 0.3) is 0 Å². The summed E-state index contributed by atoms with van der Waals surface area (Å²) in [4.78, 5) is 0. The summed E-state index contributed by atoms with van der Waals surface area (Å²) < 4.78 is 5.47. The van der Waals surface area contributed by atoms with Crippen molar-refractivity contribution in [3.05, 3.63) is 29.3 Å². The van der Waals surface area contributed by atoms with E-state index in [1.165, 1.54) is 11.1 Å². The molecule has 16 heavy (non-hydrogen) atoms. The van der Waals surface area contributed by atoms with Crippen LogP contribution < -0.4 is 10.5 Å². The fourth-order valence-electron chi connectivity index (χ4n) is 2.88. The van der Waals surface area contributed by atoms with E-state index in [1.54, 1.807) is 7.11 Å². The molecule has 2 nitrogen and oxygen atoms in total. The second-order valence-corrected chi connectivity index (χ2v) is 5.39. The predicted octanol–water partition coefficient (Wildman–Crippen LogP) is 2.70. The lowest BCUT2D eigenvalue weighted by Crippen LogP contribution is -2.05. The summed E-state index contributed by atoms with van der Waals surface area (Å²) in [5.41, 5.74) is 8.69. The summed E-state index contributed by atoms with van der Waals surface area (Å²) in [6, 6.07) is 6.45. The Morgan fingerprint density at radius 3 is 2.56 bits per heavy atom. The first-order chi connectivity index (χ1) is 7.52. The third kappa shape index (κ3) is 1.61. The Labute approximate surface area is 97.8 Å². The summed E-state index contributed by atoms with van der Waals surface area (Å²) in [6.07, 6.45) is 0. The van der Waals surface area contributed by atoms with Gasteiger partial charge in [0.05, 0.1) is 7.11 Å². The molecular weight excluding hydrogens is 198 g/mol. The van der Waals surface area contributed by atoms with Crippen molar-refractivity contribution in [1.82, 2.24) is 0 Å². The largest absolute Gasteiger partial charge is 0.496 e. The van der Waals surface area contributed by atoms with Crippen molar-refractivity contribution < 1.29 is 4.74 Å². The van der Waals surface area contributed by atoms with E-state index in [2.05, 4.69) is 39.0 Å². The number of benzene rings is 1. The molecule has 2 N–H and O–H groups in total. The number of ether oxygens (including phenoxy) is 1. The molecule has 0 radical (unpaired) electrons. The molecule has 0 aromatic heterocycles. The van der Waals surface area contributed by atoms with Crippen molar-refractivity contribution in [2.45, 2.75) is 26.7 Å². The molecule has 2 atom stereocenters. The highest BCUT2D eigenvalue weighted by atomic mass is 16.5. The van der Waals surface area contributed by atoms with E-state index < -0.39 is 0 Å². The maximum Gasteiger partial charge on any atom is 0.122 e. The Bertz CT molecular complexity index is 398. The summed E-state index contributed by atoms with van der Waals surface area (Å²) in [5.74, 6) is 2.14. The van der Waals surface area contributed by atoms with Gasteiger partial charge in [-0.05, 0) is 47.9 Å². The number of hydrogen-bond acceptors (Lipinski definition) is 2. The van der Waals surface area contributed by atoms with Gasteiger partial charge in [0.2, 0.25) is 0 Å². The molecule has 0 spiro atoms. The molecule has 88 valence electrons. The number of methoxy groups -OCH3 is 1. The van der Waals surface area contributed by atoms with E-state index in [-0.39, 0.29) is 0 Å².